The maximum atomic E-state index is 11.6. The number of nitrogens with one attached hydrogen (secondary N) is 3. The first-order chi connectivity index (χ1) is 9.72. The van der Waals surface area contributed by atoms with E-state index in [0.717, 1.165) is 31.4 Å². The molecule has 1 aromatic rings. The van der Waals surface area contributed by atoms with Gasteiger partial charge in [0, 0.05) is 18.7 Å². The van der Waals surface area contributed by atoms with Crippen molar-refractivity contribution < 1.29 is 9.59 Å². The highest BCUT2D eigenvalue weighted by atomic mass is 16.2. The molecule has 0 fully saturated rings. The molecular weight excluding hydrogens is 256 g/mol. The highest BCUT2D eigenvalue weighted by Crippen LogP contribution is 2.08. The maximum absolute atomic E-state index is 11.6. The zero-order chi connectivity index (χ0) is 14.6. The summed E-state index contributed by atoms with van der Waals surface area (Å²) < 4.78 is 0. The van der Waals surface area contributed by atoms with Crippen molar-refractivity contribution in [2.24, 2.45) is 5.84 Å². The molecular formula is C14H22N4O2. The van der Waals surface area contributed by atoms with E-state index in [-0.39, 0.29) is 11.9 Å². The predicted molar refractivity (Wildman–Crippen MR) is 78.9 cm³/mol. The van der Waals surface area contributed by atoms with Crippen LogP contribution >= 0.6 is 0 Å². The van der Waals surface area contributed by atoms with Crippen LogP contribution in [-0.2, 0) is 4.79 Å². The summed E-state index contributed by atoms with van der Waals surface area (Å²) in [7, 11) is 0. The van der Waals surface area contributed by atoms with Gasteiger partial charge in [-0.15, -0.1) is 0 Å². The van der Waals surface area contributed by atoms with Gasteiger partial charge in [-0.2, -0.15) is 0 Å². The number of para-hydroxylation sites is 1. The standard InChI is InChI=1S/C14H22N4O2/c15-18-14(20)16-11-7-2-1-6-10-13(19)17-12-8-4-3-5-9-12/h3-5,8-9H,1-2,6-7,10-11,15H2,(H,17,19)(H2,16,18,20). The number of benzene rings is 1. The largest absolute Gasteiger partial charge is 0.337 e. The van der Waals surface area contributed by atoms with Crippen LogP contribution in [0.15, 0.2) is 30.3 Å². The third-order valence-electron chi connectivity index (χ3n) is 2.80. The number of nitrogens with two attached hydrogens (primary N) is 1. The number of carbonyl (C=O) groups excluding carboxylic acids is 2. The van der Waals surface area contributed by atoms with E-state index in [1.807, 2.05) is 35.8 Å². The van der Waals surface area contributed by atoms with Crippen molar-refractivity contribution in [3.05, 3.63) is 30.3 Å². The molecule has 0 aliphatic rings. The van der Waals surface area contributed by atoms with Crippen molar-refractivity contribution in [2.75, 3.05) is 11.9 Å². The molecule has 0 aliphatic carbocycles. The second kappa shape index (κ2) is 9.80. The van der Waals surface area contributed by atoms with E-state index in [4.69, 9.17) is 5.84 Å². The molecule has 0 spiro atoms. The Bertz CT molecular complexity index is 409. The Morgan fingerprint density at radius 3 is 2.40 bits per heavy atom. The van der Waals surface area contributed by atoms with Gasteiger partial charge in [0.1, 0.15) is 0 Å². The lowest BCUT2D eigenvalue weighted by atomic mass is 10.1. The fourth-order valence-corrected chi connectivity index (χ4v) is 1.76. The third kappa shape index (κ3) is 7.38. The Morgan fingerprint density at radius 2 is 1.70 bits per heavy atom. The van der Waals surface area contributed by atoms with Crippen LogP contribution < -0.4 is 21.9 Å². The Balaban J connectivity index is 1.98. The summed E-state index contributed by atoms with van der Waals surface area (Å²) in [5, 5.41) is 5.46. The van der Waals surface area contributed by atoms with E-state index in [0.29, 0.717) is 13.0 Å². The van der Waals surface area contributed by atoms with Gasteiger partial charge in [0.05, 0.1) is 0 Å². The molecule has 0 saturated carbocycles. The molecule has 0 bridgehead atoms. The number of hydrazine groups is 1. The summed E-state index contributed by atoms with van der Waals surface area (Å²) in [6, 6.07) is 9.06. The fraction of sp³-hybridized carbons (Fsp3) is 0.429. The van der Waals surface area contributed by atoms with Gasteiger partial charge in [0.15, 0.2) is 0 Å². The Morgan fingerprint density at radius 1 is 1.00 bits per heavy atom. The predicted octanol–water partition coefficient (Wildman–Crippen LogP) is 1.75. The normalized spacial score (nSPS) is 9.85. The van der Waals surface area contributed by atoms with Crippen molar-refractivity contribution in [3.63, 3.8) is 0 Å². The van der Waals surface area contributed by atoms with Crippen LogP contribution in [0.3, 0.4) is 0 Å². The zero-order valence-electron chi connectivity index (χ0n) is 11.5. The number of carbonyl (C=O) groups is 2. The van der Waals surface area contributed by atoms with Crippen LogP contribution in [-0.4, -0.2) is 18.5 Å². The van der Waals surface area contributed by atoms with E-state index in [1.54, 1.807) is 0 Å². The van der Waals surface area contributed by atoms with E-state index in [2.05, 4.69) is 10.6 Å². The van der Waals surface area contributed by atoms with Crippen molar-refractivity contribution in [1.82, 2.24) is 10.7 Å². The fourth-order valence-electron chi connectivity index (χ4n) is 1.76. The van der Waals surface area contributed by atoms with Gasteiger partial charge in [-0.25, -0.2) is 10.6 Å². The number of rotatable bonds is 8. The van der Waals surface area contributed by atoms with Crippen LogP contribution in [0.2, 0.25) is 0 Å². The molecule has 0 heterocycles. The lowest BCUT2D eigenvalue weighted by molar-refractivity contribution is -0.116. The summed E-state index contributed by atoms with van der Waals surface area (Å²) in [6.45, 7) is 0.596. The first kappa shape index (κ1) is 16.0. The van der Waals surface area contributed by atoms with Gasteiger partial charge in [-0.3, -0.25) is 10.2 Å². The van der Waals surface area contributed by atoms with Crippen molar-refractivity contribution in [3.8, 4) is 0 Å². The zero-order valence-corrected chi connectivity index (χ0v) is 11.5. The minimum absolute atomic E-state index is 0.0387. The molecule has 3 amide bonds. The van der Waals surface area contributed by atoms with Gasteiger partial charge in [0.2, 0.25) is 5.91 Å². The average Bonchev–Trinajstić information content (AvgIpc) is 2.47. The van der Waals surface area contributed by atoms with E-state index in [9.17, 15) is 9.59 Å². The van der Waals surface area contributed by atoms with Gasteiger partial charge in [0.25, 0.3) is 0 Å². The minimum Gasteiger partial charge on any atom is -0.337 e. The first-order valence-corrected chi connectivity index (χ1v) is 6.81. The molecule has 0 aromatic heterocycles. The number of amides is 3. The van der Waals surface area contributed by atoms with Crippen LogP contribution in [0, 0.1) is 0 Å². The van der Waals surface area contributed by atoms with Crippen molar-refractivity contribution in [1.29, 1.82) is 0 Å². The van der Waals surface area contributed by atoms with Crippen molar-refractivity contribution in [2.45, 2.75) is 32.1 Å². The molecule has 0 saturated heterocycles. The highest BCUT2D eigenvalue weighted by Gasteiger charge is 2.01. The Kier molecular flexibility index (Phi) is 7.83. The maximum Gasteiger partial charge on any atom is 0.328 e. The third-order valence-corrected chi connectivity index (χ3v) is 2.80. The smallest absolute Gasteiger partial charge is 0.328 e. The van der Waals surface area contributed by atoms with Gasteiger partial charge < -0.3 is 10.6 Å². The molecule has 1 aromatic carbocycles. The molecule has 20 heavy (non-hydrogen) atoms. The van der Waals surface area contributed by atoms with Gasteiger partial charge >= 0.3 is 6.03 Å². The summed E-state index contributed by atoms with van der Waals surface area (Å²) in [6.07, 6.45) is 4.19. The molecule has 6 nitrogen and oxygen atoms in total. The minimum atomic E-state index is -0.368. The van der Waals surface area contributed by atoms with E-state index >= 15 is 0 Å². The molecule has 5 N–H and O–H groups in total. The molecule has 110 valence electrons. The summed E-state index contributed by atoms with van der Waals surface area (Å²) in [5.74, 6) is 4.96. The second-order valence-electron chi connectivity index (χ2n) is 4.48. The topological polar surface area (TPSA) is 96.2 Å². The Hall–Kier alpha value is -2.08. The van der Waals surface area contributed by atoms with Crippen LogP contribution in [0.5, 0.6) is 0 Å². The Labute approximate surface area is 119 Å². The monoisotopic (exact) mass is 278 g/mol. The summed E-state index contributed by atoms with van der Waals surface area (Å²) in [4.78, 5) is 22.4. The SMILES string of the molecule is NNC(=O)NCCCCCCC(=O)Nc1ccccc1. The summed E-state index contributed by atoms with van der Waals surface area (Å²) >= 11 is 0. The number of urea groups is 1. The number of hydrogen-bond acceptors (Lipinski definition) is 3. The first-order valence-electron chi connectivity index (χ1n) is 6.81. The van der Waals surface area contributed by atoms with Crippen molar-refractivity contribution >= 4 is 17.6 Å². The van der Waals surface area contributed by atoms with Crippen LogP contribution in [0.4, 0.5) is 10.5 Å². The van der Waals surface area contributed by atoms with E-state index in [1.165, 1.54) is 0 Å². The number of unbranched alkanes of at least 4 members (excludes halogenated alkanes) is 3. The molecule has 0 unspecified atom stereocenters. The highest BCUT2D eigenvalue weighted by molar-refractivity contribution is 5.90. The molecule has 0 atom stereocenters. The van der Waals surface area contributed by atoms with Gasteiger partial charge in [-0.05, 0) is 25.0 Å². The summed E-state index contributed by atoms with van der Waals surface area (Å²) in [5.41, 5.74) is 2.83. The lowest BCUT2D eigenvalue weighted by Gasteiger charge is -2.05. The van der Waals surface area contributed by atoms with Crippen LogP contribution in [0.1, 0.15) is 32.1 Å². The molecule has 1 rings (SSSR count). The lowest BCUT2D eigenvalue weighted by Crippen LogP contribution is -2.40. The molecule has 6 heteroatoms. The molecule has 0 radical (unpaired) electrons. The number of anilines is 1. The van der Waals surface area contributed by atoms with Crippen LogP contribution in [0.25, 0.3) is 0 Å². The number of hydrogen-bond donors (Lipinski definition) is 4. The quantitative estimate of drug-likeness (QED) is 0.252. The average molecular weight is 278 g/mol. The van der Waals surface area contributed by atoms with Gasteiger partial charge in [-0.1, -0.05) is 31.0 Å². The van der Waals surface area contributed by atoms with E-state index < -0.39 is 0 Å². The second-order valence-corrected chi connectivity index (χ2v) is 4.48. The molecule has 0 aliphatic heterocycles.